The van der Waals surface area contributed by atoms with Gasteiger partial charge < -0.3 is 29.1 Å². The Morgan fingerprint density at radius 1 is 1.02 bits per heavy atom. The fourth-order valence-corrected chi connectivity index (χ4v) is 4.48. The minimum atomic E-state index is -2.98. The number of piperazine rings is 1. The van der Waals surface area contributed by atoms with E-state index in [1.807, 2.05) is 27.4 Å². The van der Waals surface area contributed by atoms with Gasteiger partial charge >= 0.3 is 0 Å². The summed E-state index contributed by atoms with van der Waals surface area (Å²) in [6, 6.07) is 13.1. The highest BCUT2D eigenvalue weighted by Gasteiger charge is 2.27. The number of para-hydroxylation sites is 1. The zero-order chi connectivity index (χ0) is 29.3. The zero-order valence-corrected chi connectivity index (χ0v) is 22.7. The summed E-state index contributed by atoms with van der Waals surface area (Å²) < 4.78 is 33.4. The molecule has 1 saturated heterocycles. The number of carbonyl (C=O) groups is 2. The average Bonchev–Trinajstić information content (AvgIpc) is 3.41. The fourth-order valence-electron chi connectivity index (χ4n) is 4.48. The van der Waals surface area contributed by atoms with E-state index in [1.165, 1.54) is 18.1 Å². The van der Waals surface area contributed by atoms with Crippen molar-refractivity contribution in [2.75, 3.05) is 36.4 Å². The lowest BCUT2D eigenvalue weighted by Gasteiger charge is -2.36. The first-order chi connectivity index (χ1) is 19.3. The van der Waals surface area contributed by atoms with E-state index in [-0.39, 0.29) is 11.1 Å². The van der Waals surface area contributed by atoms with Crippen molar-refractivity contribution in [3.8, 4) is 11.3 Å². The number of allylic oxidation sites excluding steroid dienone is 1. The van der Waals surface area contributed by atoms with Crippen LogP contribution in [0.2, 0.25) is 0 Å². The second kappa shape index (κ2) is 13.4. The number of alkyl halides is 2. The van der Waals surface area contributed by atoms with Crippen LogP contribution in [0.1, 0.15) is 25.3 Å². The number of oxazole rings is 1. The molecule has 1 aliphatic heterocycles. The number of aromatic nitrogens is 3. The molecule has 210 valence electrons. The standard InChI is InChI=1S/C27H28F2N6O.2CH2O/c1-18(32-26-22-5-4-6-23(27(3,28)29)25(22)30-17-31-26)15-34-11-13-35(14-12-34)21-9-7-20(8-10-21)24-16-36-19(2)33-24;2*1-2/h4-10,15-17H,11-14H2,1-3H3,(H,30,31,32);2*1H2/b18-15+;;. The van der Waals surface area contributed by atoms with Gasteiger partial charge in [-0.1, -0.05) is 24.3 Å². The van der Waals surface area contributed by atoms with Gasteiger partial charge in [-0.05, 0) is 25.1 Å². The van der Waals surface area contributed by atoms with Crippen molar-refractivity contribution >= 4 is 36.0 Å². The van der Waals surface area contributed by atoms with Crippen LogP contribution in [0, 0.1) is 6.92 Å². The molecule has 0 saturated carbocycles. The Balaban J connectivity index is 0.00000106. The Labute approximate surface area is 231 Å². The van der Waals surface area contributed by atoms with Crippen molar-refractivity contribution in [1.82, 2.24) is 19.9 Å². The fraction of sp³-hybridized carbons (Fsp3) is 0.276. The molecule has 0 radical (unpaired) electrons. The Morgan fingerprint density at radius 2 is 1.70 bits per heavy atom. The summed E-state index contributed by atoms with van der Waals surface area (Å²) in [7, 11) is 0. The van der Waals surface area contributed by atoms with Gasteiger partial charge in [-0.15, -0.1) is 0 Å². The topological polar surface area (TPSA) is 104 Å². The van der Waals surface area contributed by atoms with Gasteiger partial charge in [0.05, 0.1) is 5.52 Å². The van der Waals surface area contributed by atoms with Gasteiger partial charge in [0.1, 0.15) is 37.7 Å². The Kier molecular flexibility index (Phi) is 10.0. The maximum Gasteiger partial charge on any atom is 0.272 e. The van der Waals surface area contributed by atoms with Crippen molar-refractivity contribution < 1.29 is 22.8 Å². The maximum atomic E-state index is 14.0. The minimum Gasteiger partial charge on any atom is -0.449 e. The van der Waals surface area contributed by atoms with Crippen LogP contribution in [0.25, 0.3) is 22.2 Å². The van der Waals surface area contributed by atoms with Crippen LogP contribution in [0.4, 0.5) is 20.3 Å². The van der Waals surface area contributed by atoms with Crippen LogP contribution < -0.4 is 10.2 Å². The van der Waals surface area contributed by atoms with Crippen molar-refractivity contribution in [2.45, 2.75) is 26.7 Å². The number of nitrogens with zero attached hydrogens (tertiary/aromatic N) is 5. The molecule has 1 aliphatic rings. The first-order valence-corrected chi connectivity index (χ1v) is 12.4. The lowest BCUT2D eigenvalue weighted by atomic mass is 10.1. The third-order valence-electron chi connectivity index (χ3n) is 6.29. The van der Waals surface area contributed by atoms with Crippen LogP contribution in [0.15, 0.2) is 71.4 Å². The van der Waals surface area contributed by atoms with E-state index in [9.17, 15) is 8.78 Å². The molecule has 1 N–H and O–H groups in total. The number of hydrogen-bond acceptors (Lipinski definition) is 9. The van der Waals surface area contributed by atoms with Gasteiger partial charge in [0, 0.05) is 74.1 Å². The van der Waals surface area contributed by atoms with Gasteiger partial charge in [0.25, 0.3) is 5.92 Å². The van der Waals surface area contributed by atoms with Gasteiger partial charge in [-0.25, -0.2) is 23.7 Å². The molecule has 0 spiro atoms. The quantitative estimate of drug-likeness (QED) is 0.336. The molecule has 11 heteroatoms. The van der Waals surface area contributed by atoms with Crippen molar-refractivity contribution in [2.24, 2.45) is 0 Å². The molecular formula is C29H32F2N6O3. The summed E-state index contributed by atoms with van der Waals surface area (Å²) in [6.07, 6.45) is 5.05. The highest BCUT2D eigenvalue weighted by atomic mass is 19.3. The maximum absolute atomic E-state index is 14.0. The number of fused-ring (bicyclic) bond motifs is 1. The molecule has 0 bridgehead atoms. The summed E-state index contributed by atoms with van der Waals surface area (Å²) in [5.41, 5.74) is 4.08. The summed E-state index contributed by atoms with van der Waals surface area (Å²) in [5.74, 6) is -1.81. The number of benzene rings is 2. The smallest absolute Gasteiger partial charge is 0.272 e. The van der Waals surface area contributed by atoms with Crippen molar-refractivity contribution in [3.05, 3.63) is 78.4 Å². The second-order valence-electron chi connectivity index (χ2n) is 9.07. The summed E-state index contributed by atoms with van der Waals surface area (Å²) >= 11 is 0. The predicted octanol–water partition coefficient (Wildman–Crippen LogP) is 5.43. The van der Waals surface area contributed by atoms with E-state index in [2.05, 4.69) is 60.5 Å². The molecule has 5 rings (SSSR count). The Hall–Kier alpha value is -4.67. The number of halogens is 2. The molecule has 4 aromatic rings. The SMILES string of the molecule is C/C(=C\N1CCN(c2ccc(-c3coc(C)n3)cc2)CC1)Nc1ncnc2c(C(C)(F)F)cccc12.C=O.C=O. The van der Waals surface area contributed by atoms with Gasteiger partial charge in [0.15, 0.2) is 5.89 Å². The summed E-state index contributed by atoms with van der Waals surface area (Å²) in [6.45, 7) is 12.2. The molecular weight excluding hydrogens is 518 g/mol. The van der Waals surface area contributed by atoms with E-state index in [0.29, 0.717) is 17.1 Å². The molecule has 2 aromatic carbocycles. The Bertz CT molecular complexity index is 1430. The van der Waals surface area contributed by atoms with E-state index < -0.39 is 5.92 Å². The molecule has 0 aliphatic carbocycles. The zero-order valence-electron chi connectivity index (χ0n) is 22.7. The van der Waals surface area contributed by atoms with Gasteiger partial charge in [-0.2, -0.15) is 0 Å². The average molecular weight is 551 g/mol. The first kappa shape index (κ1) is 29.9. The first-order valence-electron chi connectivity index (χ1n) is 12.4. The van der Waals surface area contributed by atoms with E-state index in [0.717, 1.165) is 50.1 Å². The summed E-state index contributed by atoms with van der Waals surface area (Å²) in [5, 5.41) is 3.84. The normalized spacial score (nSPS) is 13.7. The van der Waals surface area contributed by atoms with Crippen LogP contribution in [-0.2, 0) is 15.5 Å². The molecule has 0 amide bonds. The van der Waals surface area contributed by atoms with Crippen LogP contribution in [0.5, 0.6) is 0 Å². The lowest BCUT2D eigenvalue weighted by molar-refractivity contribution is -0.0987. The molecule has 2 aromatic heterocycles. The number of aryl methyl sites for hydroxylation is 1. The third kappa shape index (κ3) is 7.04. The lowest BCUT2D eigenvalue weighted by Crippen LogP contribution is -2.44. The number of anilines is 2. The number of nitrogens with one attached hydrogen (secondary N) is 1. The summed E-state index contributed by atoms with van der Waals surface area (Å²) in [4.78, 5) is 33.4. The number of rotatable bonds is 6. The minimum absolute atomic E-state index is 0.104. The molecule has 0 unspecified atom stereocenters. The van der Waals surface area contributed by atoms with Gasteiger partial charge in [0.2, 0.25) is 0 Å². The van der Waals surface area contributed by atoms with E-state index >= 15 is 0 Å². The molecule has 9 nitrogen and oxygen atoms in total. The molecule has 1 fully saturated rings. The monoisotopic (exact) mass is 550 g/mol. The van der Waals surface area contributed by atoms with Gasteiger partial charge in [-0.3, -0.25) is 0 Å². The number of carbonyl (C=O) groups excluding carboxylic acids is 2. The van der Waals surface area contributed by atoms with Crippen molar-refractivity contribution in [1.29, 1.82) is 0 Å². The second-order valence-corrected chi connectivity index (χ2v) is 9.07. The highest BCUT2D eigenvalue weighted by Crippen LogP contribution is 2.33. The number of hydrogen-bond donors (Lipinski definition) is 1. The van der Waals surface area contributed by atoms with Crippen molar-refractivity contribution in [3.63, 3.8) is 0 Å². The predicted molar refractivity (Wildman–Crippen MR) is 151 cm³/mol. The van der Waals surface area contributed by atoms with Crippen LogP contribution >= 0.6 is 0 Å². The largest absolute Gasteiger partial charge is 0.449 e. The Morgan fingerprint density at radius 3 is 2.30 bits per heavy atom. The molecule has 3 heterocycles. The van der Waals surface area contributed by atoms with E-state index in [1.54, 1.807) is 18.4 Å². The highest BCUT2D eigenvalue weighted by molar-refractivity contribution is 5.91. The van der Waals surface area contributed by atoms with E-state index in [4.69, 9.17) is 14.0 Å². The van der Waals surface area contributed by atoms with Crippen LogP contribution in [0.3, 0.4) is 0 Å². The molecule has 40 heavy (non-hydrogen) atoms. The third-order valence-corrected chi connectivity index (χ3v) is 6.29. The van der Waals surface area contributed by atoms with Crippen LogP contribution in [-0.4, -0.2) is 59.6 Å². The molecule has 0 atom stereocenters.